The zero-order valence-corrected chi connectivity index (χ0v) is 14.5. The van der Waals surface area contributed by atoms with Crippen LogP contribution in [0.4, 0.5) is 5.69 Å². The molecule has 0 aliphatic carbocycles. The molecule has 0 saturated heterocycles. The SMILES string of the molecule is CCOC(=O)CC1CSC(N/N=C/c2ccc(N(C)C)cc2)=N1. The van der Waals surface area contributed by atoms with E-state index in [1.54, 1.807) is 24.9 Å². The molecule has 0 fully saturated rings. The van der Waals surface area contributed by atoms with Crippen molar-refractivity contribution in [2.45, 2.75) is 19.4 Å². The molecule has 0 radical (unpaired) electrons. The second kappa shape index (κ2) is 8.57. The number of nitrogens with zero attached hydrogens (tertiary/aromatic N) is 3. The average molecular weight is 334 g/mol. The van der Waals surface area contributed by atoms with Crippen molar-refractivity contribution < 1.29 is 9.53 Å². The van der Waals surface area contributed by atoms with Gasteiger partial charge in [0.1, 0.15) is 0 Å². The van der Waals surface area contributed by atoms with Gasteiger partial charge >= 0.3 is 5.97 Å². The topological polar surface area (TPSA) is 66.3 Å². The molecule has 124 valence electrons. The summed E-state index contributed by atoms with van der Waals surface area (Å²) >= 11 is 1.56. The number of nitrogens with one attached hydrogen (secondary N) is 1. The molecule has 1 aromatic rings. The predicted molar refractivity (Wildman–Crippen MR) is 96.4 cm³/mol. The Morgan fingerprint density at radius 1 is 1.48 bits per heavy atom. The van der Waals surface area contributed by atoms with Crippen molar-refractivity contribution in [3.63, 3.8) is 0 Å². The lowest BCUT2D eigenvalue weighted by Crippen LogP contribution is -2.15. The number of ether oxygens (including phenoxy) is 1. The molecule has 23 heavy (non-hydrogen) atoms. The van der Waals surface area contributed by atoms with E-state index in [0.29, 0.717) is 13.0 Å². The van der Waals surface area contributed by atoms with E-state index in [0.717, 1.165) is 22.2 Å². The third-order valence-corrected chi connectivity index (χ3v) is 4.22. The lowest BCUT2D eigenvalue weighted by molar-refractivity contribution is -0.143. The number of aliphatic imine (C=N–C) groups is 1. The first-order chi connectivity index (χ1) is 11.1. The van der Waals surface area contributed by atoms with Gasteiger partial charge in [0.15, 0.2) is 5.17 Å². The van der Waals surface area contributed by atoms with E-state index in [9.17, 15) is 4.79 Å². The number of hydrazone groups is 1. The maximum atomic E-state index is 11.4. The second-order valence-electron chi connectivity index (χ2n) is 5.26. The highest BCUT2D eigenvalue weighted by atomic mass is 32.2. The summed E-state index contributed by atoms with van der Waals surface area (Å²) in [5.41, 5.74) is 5.08. The fourth-order valence-electron chi connectivity index (χ4n) is 2.01. The van der Waals surface area contributed by atoms with Crippen LogP contribution in [0.5, 0.6) is 0 Å². The van der Waals surface area contributed by atoms with Gasteiger partial charge in [0.25, 0.3) is 0 Å². The van der Waals surface area contributed by atoms with Crippen molar-refractivity contribution in [1.82, 2.24) is 5.43 Å². The Bertz CT molecular complexity index is 584. The van der Waals surface area contributed by atoms with Crippen LogP contribution in [0.3, 0.4) is 0 Å². The number of anilines is 1. The third-order valence-electron chi connectivity index (χ3n) is 3.20. The van der Waals surface area contributed by atoms with E-state index >= 15 is 0 Å². The van der Waals surface area contributed by atoms with E-state index in [1.807, 2.05) is 43.3 Å². The average Bonchev–Trinajstić information content (AvgIpc) is 2.95. The van der Waals surface area contributed by atoms with Crippen LogP contribution in [0.1, 0.15) is 18.9 Å². The highest BCUT2D eigenvalue weighted by molar-refractivity contribution is 8.14. The van der Waals surface area contributed by atoms with Gasteiger partial charge in [0.2, 0.25) is 0 Å². The normalized spacial score (nSPS) is 17.2. The molecular weight excluding hydrogens is 312 g/mol. The molecular formula is C16H22N4O2S. The quantitative estimate of drug-likeness (QED) is 0.490. The van der Waals surface area contributed by atoms with Crippen LogP contribution < -0.4 is 10.3 Å². The van der Waals surface area contributed by atoms with Crippen LogP contribution >= 0.6 is 11.8 Å². The fraction of sp³-hybridized carbons (Fsp3) is 0.438. The van der Waals surface area contributed by atoms with E-state index in [2.05, 4.69) is 15.5 Å². The van der Waals surface area contributed by atoms with Crippen LogP contribution in [-0.2, 0) is 9.53 Å². The van der Waals surface area contributed by atoms with Crippen molar-refractivity contribution in [3.05, 3.63) is 29.8 Å². The number of rotatable bonds is 6. The highest BCUT2D eigenvalue weighted by Gasteiger charge is 2.21. The molecule has 1 aliphatic heterocycles. The minimum absolute atomic E-state index is 0.0314. The lowest BCUT2D eigenvalue weighted by Gasteiger charge is -2.11. The lowest BCUT2D eigenvalue weighted by atomic mass is 10.2. The molecule has 1 atom stereocenters. The van der Waals surface area contributed by atoms with Gasteiger partial charge in [-0.25, -0.2) is 0 Å². The van der Waals surface area contributed by atoms with Crippen molar-refractivity contribution in [2.24, 2.45) is 10.1 Å². The maximum absolute atomic E-state index is 11.4. The Balaban J connectivity index is 1.82. The molecule has 0 aromatic heterocycles. The predicted octanol–water partition coefficient (Wildman–Crippen LogP) is 2.10. The largest absolute Gasteiger partial charge is 0.466 e. The molecule has 1 aliphatic rings. The van der Waals surface area contributed by atoms with Crippen molar-refractivity contribution in [3.8, 4) is 0 Å². The van der Waals surface area contributed by atoms with Gasteiger partial charge in [-0.3, -0.25) is 15.2 Å². The second-order valence-corrected chi connectivity index (χ2v) is 6.27. The standard InChI is InChI=1S/C16H22N4O2S/c1-4-22-15(21)9-13-11-23-16(18-13)19-17-10-12-5-7-14(8-6-12)20(2)3/h5-8,10,13H,4,9,11H2,1-3H3,(H,18,19)/b17-10+. The van der Waals surface area contributed by atoms with Crippen LogP contribution in [0.2, 0.25) is 0 Å². The summed E-state index contributed by atoms with van der Waals surface area (Å²) in [5.74, 6) is 0.571. The van der Waals surface area contributed by atoms with E-state index in [1.165, 1.54) is 0 Å². The summed E-state index contributed by atoms with van der Waals surface area (Å²) in [6.07, 6.45) is 2.07. The summed E-state index contributed by atoms with van der Waals surface area (Å²) < 4.78 is 4.93. The van der Waals surface area contributed by atoms with Gasteiger partial charge in [-0.1, -0.05) is 23.9 Å². The maximum Gasteiger partial charge on any atom is 0.307 e. The number of hydrogen-bond acceptors (Lipinski definition) is 7. The summed E-state index contributed by atoms with van der Waals surface area (Å²) in [4.78, 5) is 17.9. The van der Waals surface area contributed by atoms with Gasteiger partial charge in [0, 0.05) is 25.5 Å². The molecule has 0 spiro atoms. The van der Waals surface area contributed by atoms with Gasteiger partial charge in [-0.2, -0.15) is 5.10 Å². The first kappa shape index (κ1) is 17.3. The number of carbonyl (C=O) groups is 1. The molecule has 1 aromatic carbocycles. The summed E-state index contributed by atoms with van der Waals surface area (Å²) in [5, 5.41) is 4.93. The van der Waals surface area contributed by atoms with Gasteiger partial charge < -0.3 is 9.64 Å². The monoisotopic (exact) mass is 334 g/mol. The first-order valence-electron chi connectivity index (χ1n) is 7.51. The molecule has 0 saturated carbocycles. The van der Waals surface area contributed by atoms with Gasteiger partial charge in [-0.15, -0.1) is 0 Å². The van der Waals surface area contributed by atoms with Crippen LogP contribution in [0.25, 0.3) is 0 Å². The van der Waals surface area contributed by atoms with Crippen LogP contribution in [-0.4, -0.2) is 49.8 Å². The molecule has 2 rings (SSSR count). The Hall–Kier alpha value is -2.02. The van der Waals surface area contributed by atoms with Gasteiger partial charge in [-0.05, 0) is 24.6 Å². The fourth-order valence-corrected chi connectivity index (χ4v) is 2.90. The number of thioether (sulfide) groups is 1. The highest BCUT2D eigenvalue weighted by Crippen LogP contribution is 2.19. The summed E-state index contributed by atoms with van der Waals surface area (Å²) in [6, 6.07) is 8.06. The van der Waals surface area contributed by atoms with Crippen LogP contribution in [0, 0.1) is 0 Å². The minimum atomic E-state index is -0.201. The van der Waals surface area contributed by atoms with E-state index in [-0.39, 0.29) is 12.0 Å². The van der Waals surface area contributed by atoms with Crippen LogP contribution in [0.15, 0.2) is 34.4 Å². The minimum Gasteiger partial charge on any atom is -0.466 e. The molecule has 6 nitrogen and oxygen atoms in total. The third kappa shape index (κ3) is 5.59. The number of hydrogen-bond donors (Lipinski definition) is 1. The smallest absolute Gasteiger partial charge is 0.307 e. The molecule has 0 bridgehead atoms. The molecule has 1 unspecified atom stereocenters. The molecule has 1 heterocycles. The Labute approximate surface area is 141 Å². The van der Waals surface area contributed by atoms with E-state index < -0.39 is 0 Å². The first-order valence-corrected chi connectivity index (χ1v) is 8.49. The Kier molecular flexibility index (Phi) is 6.46. The van der Waals surface area contributed by atoms with Crippen molar-refractivity contribution in [2.75, 3.05) is 31.4 Å². The van der Waals surface area contributed by atoms with Gasteiger partial charge in [0.05, 0.1) is 25.3 Å². The molecule has 1 N–H and O–H groups in total. The zero-order valence-electron chi connectivity index (χ0n) is 13.7. The zero-order chi connectivity index (χ0) is 16.7. The summed E-state index contributed by atoms with van der Waals surface area (Å²) in [7, 11) is 4.01. The van der Waals surface area contributed by atoms with Crippen molar-refractivity contribution in [1.29, 1.82) is 0 Å². The molecule has 7 heteroatoms. The Morgan fingerprint density at radius 3 is 2.87 bits per heavy atom. The van der Waals surface area contributed by atoms with Crippen molar-refractivity contribution >= 4 is 34.8 Å². The summed E-state index contributed by atoms with van der Waals surface area (Å²) in [6.45, 7) is 2.21. The number of amidine groups is 1. The van der Waals surface area contributed by atoms with E-state index in [4.69, 9.17) is 4.74 Å². The molecule has 0 amide bonds. The Morgan fingerprint density at radius 2 is 2.22 bits per heavy atom. The number of esters is 1. The number of carbonyl (C=O) groups excluding carboxylic acids is 1. The number of benzene rings is 1.